The minimum absolute atomic E-state index is 0.0724. The summed E-state index contributed by atoms with van der Waals surface area (Å²) in [6, 6.07) is 10.1. The van der Waals surface area contributed by atoms with Gasteiger partial charge in [-0.15, -0.1) is 0 Å². The van der Waals surface area contributed by atoms with Gasteiger partial charge in [0.05, 0.1) is 0 Å². The second-order valence-corrected chi connectivity index (χ2v) is 9.79. The van der Waals surface area contributed by atoms with E-state index in [4.69, 9.17) is 0 Å². The largest absolute Gasteiger partial charge is 0.355 e. The fraction of sp³-hybridized carbons (Fsp3) is 0.476. The molecule has 1 atom stereocenters. The Bertz CT molecular complexity index is 959. The quantitative estimate of drug-likeness (QED) is 0.802. The summed E-state index contributed by atoms with van der Waals surface area (Å²) < 4.78 is 42.3. The molecule has 0 aliphatic carbocycles. The summed E-state index contributed by atoms with van der Waals surface area (Å²) in [5.74, 6) is -0.202. The maximum absolute atomic E-state index is 13.1. The summed E-state index contributed by atoms with van der Waals surface area (Å²) in [7, 11) is -3.39. The Hall–Kier alpha value is -2.03. The maximum Gasteiger partial charge on any atom is 0.281 e. The van der Waals surface area contributed by atoms with E-state index < -0.39 is 10.2 Å². The molecular weight excluding hydrogens is 391 g/mol. The third-order valence-corrected chi connectivity index (χ3v) is 7.64. The van der Waals surface area contributed by atoms with Gasteiger partial charge in [0, 0.05) is 54.9 Å². The highest BCUT2D eigenvalue weighted by atomic mass is 32.2. The minimum Gasteiger partial charge on any atom is -0.355 e. The number of aromatic nitrogens is 1. The molecule has 6 nitrogen and oxygen atoms in total. The number of benzene rings is 1. The van der Waals surface area contributed by atoms with Crippen LogP contribution in [0.5, 0.6) is 0 Å². The van der Waals surface area contributed by atoms with E-state index in [1.165, 1.54) is 12.1 Å². The first-order chi connectivity index (χ1) is 13.9. The lowest BCUT2D eigenvalue weighted by atomic mass is 10.0. The fourth-order valence-electron chi connectivity index (χ4n) is 4.11. The van der Waals surface area contributed by atoms with Crippen molar-refractivity contribution in [1.29, 1.82) is 0 Å². The molecule has 4 rings (SSSR count). The number of pyridine rings is 1. The molecule has 2 aromatic rings. The molecule has 156 valence electrons. The SMILES string of the molecule is Cc1cc(Nc2ccc(F)cc2)cc([C@@H]2CCN(S(=O)(=O)N3CCCCC3)C2)n1. The van der Waals surface area contributed by atoms with Crippen LogP contribution >= 0.6 is 0 Å². The fourth-order valence-corrected chi connectivity index (χ4v) is 5.86. The molecule has 3 heterocycles. The summed E-state index contributed by atoms with van der Waals surface area (Å²) in [4.78, 5) is 4.67. The number of nitrogens with one attached hydrogen (secondary N) is 1. The zero-order chi connectivity index (χ0) is 20.4. The van der Waals surface area contributed by atoms with E-state index in [1.807, 2.05) is 19.1 Å². The van der Waals surface area contributed by atoms with Gasteiger partial charge in [-0.2, -0.15) is 17.0 Å². The van der Waals surface area contributed by atoms with Crippen LogP contribution in [0.15, 0.2) is 36.4 Å². The summed E-state index contributed by atoms with van der Waals surface area (Å²) in [6.07, 6.45) is 3.74. The van der Waals surface area contributed by atoms with Crippen LogP contribution in [0, 0.1) is 12.7 Å². The number of hydrogen-bond donors (Lipinski definition) is 1. The van der Waals surface area contributed by atoms with Gasteiger partial charge in [-0.1, -0.05) is 6.42 Å². The van der Waals surface area contributed by atoms with Crippen molar-refractivity contribution in [1.82, 2.24) is 13.6 Å². The van der Waals surface area contributed by atoms with Crippen molar-refractivity contribution in [3.05, 3.63) is 53.6 Å². The number of piperidine rings is 1. The predicted molar refractivity (Wildman–Crippen MR) is 112 cm³/mol. The zero-order valence-electron chi connectivity index (χ0n) is 16.6. The van der Waals surface area contributed by atoms with Crippen molar-refractivity contribution in [2.45, 2.75) is 38.5 Å². The highest BCUT2D eigenvalue weighted by molar-refractivity contribution is 7.86. The first kappa shape index (κ1) is 20.3. The van der Waals surface area contributed by atoms with Crippen molar-refractivity contribution in [3.8, 4) is 0 Å². The first-order valence-corrected chi connectivity index (χ1v) is 11.6. The van der Waals surface area contributed by atoms with Crippen LogP contribution in [0.1, 0.15) is 43.0 Å². The van der Waals surface area contributed by atoms with Crippen molar-refractivity contribution in [3.63, 3.8) is 0 Å². The smallest absolute Gasteiger partial charge is 0.281 e. The van der Waals surface area contributed by atoms with Crippen molar-refractivity contribution < 1.29 is 12.8 Å². The Balaban J connectivity index is 1.49. The highest BCUT2D eigenvalue weighted by Gasteiger charge is 2.37. The van der Waals surface area contributed by atoms with Gasteiger partial charge in [0.25, 0.3) is 10.2 Å². The molecule has 2 aliphatic heterocycles. The molecule has 2 fully saturated rings. The Morgan fingerprint density at radius 2 is 1.72 bits per heavy atom. The number of anilines is 2. The van der Waals surface area contributed by atoms with Gasteiger partial charge in [0.1, 0.15) is 5.82 Å². The Morgan fingerprint density at radius 1 is 1.00 bits per heavy atom. The molecule has 1 aromatic heterocycles. The number of hydrogen-bond acceptors (Lipinski definition) is 4. The van der Waals surface area contributed by atoms with Gasteiger partial charge in [0.15, 0.2) is 0 Å². The van der Waals surface area contributed by atoms with Gasteiger partial charge in [-0.25, -0.2) is 4.39 Å². The van der Waals surface area contributed by atoms with Crippen LogP contribution in [0.3, 0.4) is 0 Å². The van der Waals surface area contributed by atoms with Gasteiger partial charge in [-0.05, 0) is 62.6 Å². The molecular formula is C21H27FN4O2S. The van der Waals surface area contributed by atoms with Gasteiger partial charge in [0.2, 0.25) is 0 Å². The summed E-state index contributed by atoms with van der Waals surface area (Å²) in [5, 5.41) is 3.28. The normalized spacial score (nSPS) is 21.4. The molecule has 1 N–H and O–H groups in total. The van der Waals surface area contributed by atoms with E-state index in [0.29, 0.717) is 26.2 Å². The zero-order valence-corrected chi connectivity index (χ0v) is 17.5. The van der Waals surface area contributed by atoms with Crippen molar-refractivity contribution in [2.75, 3.05) is 31.5 Å². The second kappa shape index (κ2) is 8.38. The van der Waals surface area contributed by atoms with Crippen LogP contribution in [0.4, 0.5) is 15.8 Å². The van der Waals surface area contributed by atoms with E-state index in [0.717, 1.165) is 48.4 Å². The average Bonchev–Trinajstić information content (AvgIpc) is 3.21. The second-order valence-electron chi connectivity index (χ2n) is 7.87. The molecule has 29 heavy (non-hydrogen) atoms. The topological polar surface area (TPSA) is 65.5 Å². The minimum atomic E-state index is -3.39. The molecule has 2 aliphatic rings. The highest BCUT2D eigenvalue weighted by Crippen LogP contribution is 2.31. The summed E-state index contributed by atoms with van der Waals surface area (Å²) >= 11 is 0. The molecule has 1 aromatic carbocycles. The van der Waals surface area contributed by atoms with Gasteiger partial charge >= 0.3 is 0 Å². The summed E-state index contributed by atoms with van der Waals surface area (Å²) in [6.45, 7) is 4.16. The van der Waals surface area contributed by atoms with Crippen LogP contribution in [0.2, 0.25) is 0 Å². The molecule has 8 heteroatoms. The third-order valence-electron chi connectivity index (χ3n) is 5.64. The lowest BCUT2D eigenvalue weighted by molar-refractivity contribution is 0.315. The molecule has 0 bridgehead atoms. The summed E-state index contributed by atoms with van der Waals surface area (Å²) in [5.41, 5.74) is 3.43. The van der Waals surface area contributed by atoms with Crippen LogP contribution in [-0.2, 0) is 10.2 Å². The van der Waals surface area contributed by atoms with E-state index in [-0.39, 0.29) is 11.7 Å². The Morgan fingerprint density at radius 3 is 2.45 bits per heavy atom. The van der Waals surface area contributed by atoms with Crippen molar-refractivity contribution >= 4 is 21.6 Å². The number of rotatable bonds is 5. The maximum atomic E-state index is 13.1. The van der Waals surface area contributed by atoms with E-state index in [2.05, 4.69) is 10.3 Å². The van der Waals surface area contributed by atoms with E-state index >= 15 is 0 Å². The Labute approximate surface area is 171 Å². The molecule has 0 radical (unpaired) electrons. The molecule has 0 amide bonds. The molecule has 0 unspecified atom stereocenters. The van der Waals surface area contributed by atoms with E-state index in [1.54, 1.807) is 20.7 Å². The number of halogens is 1. The monoisotopic (exact) mass is 418 g/mol. The lowest BCUT2D eigenvalue weighted by Crippen LogP contribution is -2.45. The van der Waals surface area contributed by atoms with E-state index in [9.17, 15) is 12.8 Å². The molecule has 2 saturated heterocycles. The van der Waals surface area contributed by atoms with Crippen molar-refractivity contribution in [2.24, 2.45) is 0 Å². The predicted octanol–water partition coefficient (Wildman–Crippen LogP) is 3.79. The third kappa shape index (κ3) is 4.60. The lowest BCUT2D eigenvalue weighted by Gasteiger charge is -2.30. The van der Waals surface area contributed by atoms with Crippen LogP contribution < -0.4 is 5.32 Å². The standard InChI is InChI=1S/C21H27FN4O2S/c1-16-13-20(24-19-7-5-18(22)6-8-19)14-21(23-16)17-9-12-26(15-17)29(27,28)25-10-3-2-4-11-25/h5-8,13-14,17H,2-4,9-12,15H2,1H3,(H,23,24)/t17-/m1/s1. The Kier molecular flexibility index (Phi) is 5.85. The average molecular weight is 419 g/mol. The first-order valence-electron chi connectivity index (χ1n) is 10.2. The van der Waals surface area contributed by atoms with Crippen LogP contribution in [-0.4, -0.2) is 48.2 Å². The van der Waals surface area contributed by atoms with Gasteiger partial charge in [-0.3, -0.25) is 4.98 Å². The number of aryl methyl sites for hydroxylation is 1. The number of nitrogens with zero attached hydrogens (tertiary/aromatic N) is 3. The molecule has 0 saturated carbocycles. The van der Waals surface area contributed by atoms with Gasteiger partial charge < -0.3 is 5.32 Å². The molecule has 0 spiro atoms. The van der Waals surface area contributed by atoms with Crippen LogP contribution in [0.25, 0.3) is 0 Å².